The highest BCUT2D eigenvalue weighted by Gasteiger charge is 2.18. The summed E-state index contributed by atoms with van der Waals surface area (Å²) in [6, 6.07) is 4.63. The van der Waals surface area contributed by atoms with Crippen LogP contribution >= 0.6 is 0 Å². The number of benzene rings is 1. The van der Waals surface area contributed by atoms with Crippen LogP contribution in [-0.4, -0.2) is 40.5 Å². The Morgan fingerprint density at radius 3 is 2.33 bits per heavy atom. The number of hydrogen-bond donors (Lipinski definition) is 3. The van der Waals surface area contributed by atoms with Crippen LogP contribution in [-0.2, 0) is 0 Å². The third-order valence-electron chi connectivity index (χ3n) is 3.78. The first-order valence-electron chi connectivity index (χ1n) is 7.21. The number of methoxy groups -OCH3 is 3. The van der Waals surface area contributed by atoms with Gasteiger partial charge in [-0.2, -0.15) is 0 Å². The van der Waals surface area contributed by atoms with Crippen molar-refractivity contribution >= 4 is 0 Å². The molecule has 0 amide bonds. The Morgan fingerprint density at radius 2 is 1.86 bits per heavy atom. The van der Waals surface area contributed by atoms with Gasteiger partial charge in [0.2, 0.25) is 5.75 Å². The quantitative estimate of drug-likeness (QED) is 0.703. The molecule has 1 fully saturated rings. The zero-order chi connectivity index (χ0) is 15.2. The fourth-order valence-electron chi connectivity index (χ4n) is 2.48. The molecule has 0 saturated carbocycles. The van der Waals surface area contributed by atoms with Crippen LogP contribution in [0.15, 0.2) is 12.1 Å². The van der Waals surface area contributed by atoms with Crippen molar-refractivity contribution in [3.05, 3.63) is 17.7 Å². The summed E-state index contributed by atoms with van der Waals surface area (Å²) in [4.78, 5) is 0. The van der Waals surface area contributed by atoms with Gasteiger partial charge in [0.25, 0.3) is 0 Å². The fraction of sp³-hybridized carbons (Fsp3) is 0.600. The first-order chi connectivity index (χ1) is 10.2. The van der Waals surface area contributed by atoms with Crippen molar-refractivity contribution < 1.29 is 14.2 Å². The van der Waals surface area contributed by atoms with Crippen molar-refractivity contribution in [3.63, 3.8) is 0 Å². The molecule has 0 bridgehead atoms. The minimum Gasteiger partial charge on any atom is -0.493 e. The van der Waals surface area contributed by atoms with Crippen LogP contribution in [0.1, 0.15) is 24.9 Å². The van der Waals surface area contributed by atoms with E-state index in [0.29, 0.717) is 23.3 Å². The van der Waals surface area contributed by atoms with Crippen LogP contribution in [0.2, 0.25) is 0 Å². The maximum absolute atomic E-state index is 5.39. The van der Waals surface area contributed by atoms with E-state index in [4.69, 9.17) is 14.2 Å². The monoisotopic (exact) mass is 295 g/mol. The number of hydrogen-bond acceptors (Lipinski definition) is 6. The molecule has 6 heteroatoms. The van der Waals surface area contributed by atoms with Gasteiger partial charge in [0, 0.05) is 25.2 Å². The minimum absolute atomic E-state index is 0.195. The smallest absolute Gasteiger partial charge is 0.203 e. The third-order valence-corrected chi connectivity index (χ3v) is 3.78. The van der Waals surface area contributed by atoms with Gasteiger partial charge in [0.05, 0.1) is 21.3 Å². The summed E-state index contributed by atoms with van der Waals surface area (Å²) in [5, 5.41) is 3.53. The molecule has 2 rings (SSSR count). The van der Waals surface area contributed by atoms with Crippen LogP contribution in [0.3, 0.4) is 0 Å². The predicted molar refractivity (Wildman–Crippen MR) is 82.1 cm³/mol. The molecule has 1 aromatic rings. The average Bonchev–Trinajstić information content (AvgIpc) is 3.04. The first-order valence-corrected chi connectivity index (χ1v) is 7.21. The first kappa shape index (κ1) is 15.9. The van der Waals surface area contributed by atoms with Gasteiger partial charge < -0.3 is 19.5 Å². The van der Waals surface area contributed by atoms with E-state index in [1.54, 1.807) is 21.3 Å². The van der Waals surface area contributed by atoms with E-state index in [0.717, 1.165) is 25.1 Å². The van der Waals surface area contributed by atoms with Gasteiger partial charge in [0.1, 0.15) is 0 Å². The molecule has 0 spiro atoms. The molecule has 118 valence electrons. The Bertz CT molecular complexity index is 436. The molecule has 1 aliphatic rings. The Morgan fingerprint density at radius 1 is 1.19 bits per heavy atom. The molecule has 0 aliphatic carbocycles. The summed E-state index contributed by atoms with van der Waals surface area (Å²) >= 11 is 0. The molecule has 2 atom stereocenters. The molecular formula is C15H25N3O3. The second-order valence-electron chi connectivity index (χ2n) is 5.15. The maximum Gasteiger partial charge on any atom is 0.203 e. The highest BCUT2D eigenvalue weighted by molar-refractivity contribution is 5.54. The van der Waals surface area contributed by atoms with E-state index in [2.05, 4.69) is 23.1 Å². The highest BCUT2D eigenvalue weighted by Crippen LogP contribution is 2.39. The molecule has 1 aliphatic heterocycles. The number of rotatable bonds is 7. The Labute approximate surface area is 126 Å². The topological polar surface area (TPSA) is 63.8 Å². The van der Waals surface area contributed by atoms with Gasteiger partial charge in [-0.25, -0.2) is 0 Å². The molecule has 1 aromatic carbocycles. The van der Waals surface area contributed by atoms with Crippen molar-refractivity contribution in [1.82, 2.24) is 16.2 Å². The standard InChI is InChI=1S/C15H25N3O3/c1-10(16-9-12-5-6-17-18-12)11-7-13(19-2)15(21-4)14(8-11)20-3/h7-8,10,12,16-18H,5-6,9H2,1-4H3. The predicted octanol–water partition coefficient (Wildman–Crippen LogP) is 1.23. The lowest BCUT2D eigenvalue weighted by Gasteiger charge is -2.20. The second kappa shape index (κ2) is 7.49. The van der Waals surface area contributed by atoms with Crippen LogP contribution in [0, 0.1) is 0 Å². The Hall–Kier alpha value is -1.50. The molecule has 2 unspecified atom stereocenters. The van der Waals surface area contributed by atoms with Gasteiger partial charge in [-0.1, -0.05) is 0 Å². The summed E-state index contributed by atoms with van der Waals surface area (Å²) < 4.78 is 16.1. The van der Waals surface area contributed by atoms with Gasteiger partial charge in [-0.15, -0.1) is 0 Å². The number of hydrazine groups is 1. The lowest BCUT2D eigenvalue weighted by atomic mass is 10.1. The van der Waals surface area contributed by atoms with Crippen LogP contribution in [0.4, 0.5) is 0 Å². The summed E-state index contributed by atoms with van der Waals surface area (Å²) in [5.41, 5.74) is 7.49. The van der Waals surface area contributed by atoms with Gasteiger partial charge in [0.15, 0.2) is 11.5 Å². The average molecular weight is 295 g/mol. The number of ether oxygens (including phenoxy) is 3. The molecule has 3 N–H and O–H groups in total. The van der Waals surface area contributed by atoms with Gasteiger partial charge >= 0.3 is 0 Å². The lowest BCUT2D eigenvalue weighted by Crippen LogP contribution is -2.38. The lowest BCUT2D eigenvalue weighted by molar-refractivity contribution is 0.323. The maximum atomic E-state index is 5.39. The van der Waals surface area contributed by atoms with E-state index in [9.17, 15) is 0 Å². The number of nitrogens with one attached hydrogen (secondary N) is 3. The summed E-state index contributed by atoms with van der Waals surface area (Å²) in [7, 11) is 4.88. The fourth-order valence-corrected chi connectivity index (χ4v) is 2.48. The zero-order valence-electron chi connectivity index (χ0n) is 13.2. The second-order valence-corrected chi connectivity index (χ2v) is 5.15. The van der Waals surface area contributed by atoms with Crippen molar-refractivity contribution in [3.8, 4) is 17.2 Å². The molecular weight excluding hydrogens is 270 g/mol. The van der Waals surface area contributed by atoms with E-state index in [1.165, 1.54) is 0 Å². The molecule has 21 heavy (non-hydrogen) atoms. The van der Waals surface area contributed by atoms with Crippen LogP contribution in [0.25, 0.3) is 0 Å². The molecule has 6 nitrogen and oxygen atoms in total. The van der Waals surface area contributed by atoms with Crippen LogP contribution < -0.4 is 30.4 Å². The van der Waals surface area contributed by atoms with Crippen LogP contribution in [0.5, 0.6) is 17.2 Å². The molecule has 1 saturated heterocycles. The van der Waals surface area contributed by atoms with Gasteiger partial charge in [-0.05, 0) is 31.0 Å². The van der Waals surface area contributed by atoms with Crippen molar-refractivity contribution in [2.24, 2.45) is 0 Å². The zero-order valence-corrected chi connectivity index (χ0v) is 13.2. The van der Waals surface area contributed by atoms with Crippen molar-refractivity contribution in [1.29, 1.82) is 0 Å². The van der Waals surface area contributed by atoms with E-state index < -0.39 is 0 Å². The SMILES string of the molecule is COc1cc(C(C)NCC2CCNN2)cc(OC)c1OC. The Kier molecular flexibility index (Phi) is 5.67. The molecule has 0 aromatic heterocycles. The largest absolute Gasteiger partial charge is 0.493 e. The molecule has 0 radical (unpaired) electrons. The summed E-state index contributed by atoms with van der Waals surface area (Å²) in [6.07, 6.45) is 1.13. The van der Waals surface area contributed by atoms with E-state index >= 15 is 0 Å². The Balaban J connectivity index is 2.10. The minimum atomic E-state index is 0.195. The van der Waals surface area contributed by atoms with Crippen molar-refractivity contribution in [2.75, 3.05) is 34.4 Å². The normalized spacial score (nSPS) is 19.3. The summed E-state index contributed by atoms with van der Waals surface area (Å²) in [5.74, 6) is 1.99. The third kappa shape index (κ3) is 3.78. The van der Waals surface area contributed by atoms with E-state index in [1.807, 2.05) is 12.1 Å². The highest BCUT2D eigenvalue weighted by atomic mass is 16.5. The van der Waals surface area contributed by atoms with Crippen molar-refractivity contribution in [2.45, 2.75) is 25.4 Å². The summed E-state index contributed by atoms with van der Waals surface area (Å²) in [6.45, 7) is 4.05. The van der Waals surface area contributed by atoms with Gasteiger partial charge in [-0.3, -0.25) is 10.9 Å². The molecule has 1 heterocycles. The van der Waals surface area contributed by atoms with E-state index in [-0.39, 0.29) is 6.04 Å².